The van der Waals surface area contributed by atoms with E-state index in [2.05, 4.69) is 10.1 Å². The van der Waals surface area contributed by atoms with Gasteiger partial charge in [0.15, 0.2) is 0 Å². The molecule has 0 bridgehead atoms. The molecule has 18 heavy (non-hydrogen) atoms. The first kappa shape index (κ1) is 11.2. The Bertz CT molecular complexity index is 667. The lowest BCUT2D eigenvalue weighted by atomic mass is 10.2. The standard InChI is InChI=1S/C13H10ClN3O/c14-10-3-4-11(15-7-10)12-5-6-13(18)17(16-12)8-9-1-2-9/h3-8H,1-2H2. The molecule has 90 valence electrons. The second-order valence-corrected chi connectivity index (χ2v) is 4.59. The zero-order valence-corrected chi connectivity index (χ0v) is 10.3. The zero-order chi connectivity index (χ0) is 12.5. The average molecular weight is 260 g/mol. The summed E-state index contributed by atoms with van der Waals surface area (Å²) in [6.07, 6.45) is 5.46. The van der Waals surface area contributed by atoms with E-state index in [0.717, 1.165) is 12.8 Å². The predicted octanol–water partition coefficient (Wildman–Crippen LogP) is 2.59. The minimum absolute atomic E-state index is 0.132. The van der Waals surface area contributed by atoms with Gasteiger partial charge in [-0.05, 0) is 31.0 Å². The van der Waals surface area contributed by atoms with E-state index in [1.54, 1.807) is 30.6 Å². The van der Waals surface area contributed by atoms with E-state index in [9.17, 15) is 4.79 Å². The van der Waals surface area contributed by atoms with Crippen molar-refractivity contribution in [1.82, 2.24) is 14.8 Å². The third-order valence-corrected chi connectivity index (χ3v) is 2.88. The van der Waals surface area contributed by atoms with Crippen molar-refractivity contribution in [3.05, 3.63) is 51.4 Å². The summed E-state index contributed by atoms with van der Waals surface area (Å²) in [5, 5.41) is 4.85. The Morgan fingerprint density at radius 2 is 1.94 bits per heavy atom. The first-order valence-electron chi connectivity index (χ1n) is 5.64. The number of rotatable bonds is 2. The second kappa shape index (κ2) is 4.38. The summed E-state index contributed by atoms with van der Waals surface area (Å²) in [6, 6.07) is 6.70. The summed E-state index contributed by atoms with van der Waals surface area (Å²) in [5.74, 6) is 0. The predicted molar refractivity (Wildman–Crippen MR) is 70.2 cm³/mol. The minimum Gasteiger partial charge on any atom is -0.267 e. The topological polar surface area (TPSA) is 47.8 Å². The van der Waals surface area contributed by atoms with Gasteiger partial charge < -0.3 is 0 Å². The number of aromatic nitrogens is 3. The van der Waals surface area contributed by atoms with Crippen molar-refractivity contribution in [2.75, 3.05) is 0 Å². The molecule has 0 aliphatic heterocycles. The van der Waals surface area contributed by atoms with E-state index < -0.39 is 0 Å². The van der Waals surface area contributed by atoms with Gasteiger partial charge in [0.25, 0.3) is 5.56 Å². The largest absolute Gasteiger partial charge is 0.270 e. The van der Waals surface area contributed by atoms with E-state index in [1.165, 1.54) is 16.3 Å². The molecule has 1 aliphatic rings. The highest BCUT2D eigenvalue weighted by Crippen LogP contribution is 2.27. The lowest BCUT2D eigenvalue weighted by Crippen LogP contribution is -2.17. The van der Waals surface area contributed by atoms with Gasteiger partial charge in [0.2, 0.25) is 0 Å². The monoisotopic (exact) mass is 259 g/mol. The normalized spacial score (nSPS) is 13.5. The summed E-state index contributed by atoms with van der Waals surface area (Å²) >= 11 is 5.79. The van der Waals surface area contributed by atoms with Crippen LogP contribution in [0.1, 0.15) is 12.8 Å². The van der Waals surface area contributed by atoms with Crippen LogP contribution >= 0.6 is 11.6 Å². The maximum absolute atomic E-state index is 11.6. The van der Waals surface area contributed by atoms with Gasteiger partial charge in [-0.3, -0.25) is 9.78 Å². The fourth-order valence-electron chi connectivity index (χ4n) is 1.56. The van der Waals surface area contributed by atoms with E-state index in [4.69, 9.17) is 11.6 Å². The molecule has 3 rings (SSSR count). The zero-order valence-electron chi connectivity index (χ0n) is 9.51. The Morgan fingerprint density at radius 1 is 1.17 bits per heavy atom. The molecular weight excluding hydrogens is 250 g/mol. The number of allylic oxidation sites excluding steroid dienone is 1. The molecule has 1 saturated carbocycles. The molecule has 0 saturated heterocycles. The Morgan fingerprint density at radius 3 is 2.61 bits per heavy atom. The fourth-order valence-corrected chi connectivity index (χ4v) is 1.67. The Hall–Kier alpha value is -1.94. The van der Waals surface area contributed by atoms with Crippen LogP contribution in [0.3, 0.4) is 0 Å². The first-order valence-corrected chi connectivity index (χ1v) is 6.01. The third kappa shape index (κ3) is 2.33. The van der Waals surface area contributed by atoms with Crippen molar-refractivity contribution >= 4 is 17.8 Å². The van der Waals surface area contributed by atoms with Crippen molar-refractivity contribution in [2.24, 2.45) is 0 Å². The minimum atomic E-state index is -0.132. The number of halogens is 1. The molecule has 5 heteroatoms. The molecule has 0 atom stereocenters. The molecule has 2 aromatic heterocycles. The summed E-state index contributed by atoms with van der Waals surface area (Å²) in [4.78, 5) is 15.8. The number of pyridine rings is 1. The van der Waals surface area contributed by atoms with E-state index in [1.807, 2.05) is 0 Å². The second-order valence-electron chi connectivity index (χ2n) is 4.15. The summed E-state index contributed by atoms with van der Waals surface area (Å²) in [6.45, 7) is 0. The van der Waals surface area contributed by atoms with Gasteiger partial charge in [-0.25, -0.2) is 4.68 Å². The lowest BCUT2D eigenvalue weighted by Gasteiger charge is -2.02. The quantitative estimate of drug-likeness (QED) is 0.833. The van der Waals surface area contributed by atoms with Gasteiger partial charge in [0.05, 0.1) is 10.7 Å². The van der Waals surface area contributed by atoms with Gasteiger partial charge in [-0.15, -0.1) is 0 Å². The molecule has 1 aliphatic carbocycles. The average Bonchev–Trinajstić information content (AvgIpc) is 3.17. The molecular formula is C13H10ClN3O. The van der Waals surface area contributed by atoms with Gasteiger partial charge in [-0.2, -0.15) is 5.10 Å². The maximum Gasteiger partial charge on any atom is 0.270 e. The highest BCUT2D eigenvalue weighted by molar-refractivity contribution is 6.30. The van der Waals surface area contributed by atoms with Crippen molar-refractivity contribution in [3.63, 3.8) is 0 Å². The SMILES string of the molecule is O=c1ccc(-c2ccc(Cl)cn2)nn1C=C1CC1. The van der Waals surface area contributed by atoms with E-state index in [-0.39, 0.29) is 5.56 Å². The molecule has 4 nitrogen and oxygen atoms in total. The van der Waals surface area contributed by atoms with E-state index >= 15 is 0 Å². The number of hydrogen-bond donors (Lipinski definition) is 0. The molecule has 1 fully saturated rings. The van der Waals surface area contributed by atoms with Gasteiger partial charge in [0, 0.05) is 18.5 Å². The van der Waals surface area contributed by atoms with Crippen molar-refractivity contribution in [2.45, 2.75) is 12.8 Å². The van der Waals surface area contributed by atoms with Crippen LogP contribution in [0.2, 0.25) is 5.02 Å². The molecule has 0 spiro atoms. The smallest absolute Gasteiger partial charge is 0.267 e. The third-order valence-electron chi connectivity index (χ3n) is 2.66. The summed E-state index contributed by atoms with van der Waals surface area (Å²) < 4.78 is 1.37. The van der Waals surface area contributed by atoms with Crippen LogP contribution in [0.4, 0.5) is 0 Å². The molecule has 0 amide bonds. The lowest BCUT2D eigenvalue weighted by molar-refractivity contribution is 0.854. The highest BCUT2D eigenvalue weighted by atomic mass is 35.5. The summed E-state index contributed by atoms with van der Waals surface area (Å²) in [7, 11) is 0. The van der Waals surface area contributed by atoms with Gasteiger partial charge >= 0.3 is 0 Å². The Balaban J connectivity index is 2.05. The van der Waals surface area contributed by atoms with E-state index in [0.29, 0.717) is 16.4 Å². The van der Waals surface area contributed by atoms with Crippen LogP contribution in [-0.2, 0) is 0 Å². The van der Waals surface area contributed by atoms with Crippen molar-refractivity contribution in [1.29, 1.82) is 0 Å². The maximum atomic E-state index is 11.6. The van der Waals surface area contributed by atoms with Crippen LogP contribution in [0.25, 0.3) is 17.6 Å². The number of hydrogen-bond acceptors (Lipinski definition) is 3. The van der Waals surface area contributed by atoms with Crippen LogP contribution in [-0.4, -0.2) is 14.8 Å². The molecule has 2 heterocycles. The summed E-state index contributed by atoms with van der Waals surface area (Å²) in [5.41, 5.74) is 2.46. The molecule has 0 N–H and O–H groups in total. The van der Waals surface area contributed by atoms with Gasteiger partial charge in [0.1, 0.15) is 5.69 Å². The Labute approximate surface area is 109 Å². The van der Waals surface area contributed by atoms with Crippen LogP contribution in [0.15, 0.2) is 40.8 Å². The first-order chi connectivity index (χ1) is 8.72. The highest BCUT2D eigenvalue weighted by Gasteiger charge is 2.12. The fraction of sp³-hybridized carbons (Fsp3) is 0.154. The molecule has 2 aromatic rings. The van der Waals surface area contributed by atoms with Gasteiger partial charge in [-0.1, -0.05) is 17.2 Å². The van der Waals surface area contributed by atoms with Crippen LogP contribution < -0.4 is 5.56 Å². The van der Waals surface area contributed by atoms with Crippen LogP contribution in [0, 0.1) is 0 Å². The molecule has 0 unspecified atom stereocenters. The number of nitrogens with zero attached hydrogens (tertiary/aromatic N) is 3. The molecule has 0 radical (unpaired) electrons. The van der Waals surface area contributed by atoms with Crippen molar-refractivity contribution < 1.29 is 0 Å². The molecule has 0 aromatic carbocycles. The Kier molecular flexibility index (Phi) is 2.72. The van der Waals surface area contributed by atoms with Crippen LogP contribution in [0.5, 0.6) is 0 Å². The van der Waals surface area contributed by atoms with Crippen molar-refractivity contribution in [3.8, 4) is 11.4 Å².